The highest BCUT2D eigenvalue weighted by Crippen LogP contribution is 2.24. The molecule has 2 aromatic rings. The number of aryl methyl sites for hydroxylation is 1. The van der Waals surface area contributed by atoms with Gasteiger partial charge >= 0.3 is 5.97 Å². The van der Waals surface area contributed by atoms with Crippen LogP contribution >= 0.6 is 15.9 Å². The Labute approximate surface area is 126 Å². The molecule has 20 heavy (non-hydrogen) atoms. The Hall–Kier alpha value is -1.75. The molecule has 0 aliphatic rings. The lowest BCUT2D eigenvalue weighted by Gasteiger charge is -2.09. The van der Waals surface area contributed by atoms with E-state index in [9.17, 15) is 4.79 Å². The van der Waals surface area contributed by atoms with Crippen molar-refractivity contribution in [1.29, 1.82) is 0 Å². The van der Waals surface area contributed by atoms with Crippen molar-refractivity contribution in [2.75, 3.05) is 11.9 Å². The number of ether oxygens (including phenoxy) is 1. The first-order valence-electron chi connectivity index (χ1n) is 6.41. The average Bonchev–Trinajstić information content (AvgIpc) is 2.83. The number of anilines is 1. The summed E-state index contributed by atoms with van der Waals surface area (Å²) < 4.78 is 7.83. The molecule has 5 heteroatoms. The molecule has 4 nitrogen and oxygen atoms in total. The molecule has 0 unspecified atom stereocenters. The van der Waals surface area contributed by atoms with Gasteiger partial charge in [0.1, 0.15) is 0 Å². The van der Waals surface area contributed by atoms with Crippen LogP contribution in [0.15, 0.2) is 41.1 Å². The molecule has 2 rings (SSSR count). The van der Waals surface area contributed by atoms with Crippen LogP contribution in [-0.4, -0.2) is 17.1 Å². The third-order valence-electron chi connectivity index (χ3n) is 2.86. The molecule has 1 aromatic heterocycles. The first-order valence-corrected chi connectivity index (χ1v) is 7.21. The number of halogens is 1. The summed E-state index contributed by atoms with van der Waals surface area (Å²) in [6.45, 7) is 2.91. The van der Waals surface area contributed by atoms with Crippen LogP contribution in [0.25, 0.3) is 0 Å². The van der Waals surface area contributed by atoms with Gasteiger partial charge in [-0.2, -0.15) is 0 Å². The predicted octanol–water partition coefficient (Wildman–Crippen LogP) is 3.58. The van der Waals surface area contributed by atoms with Crippen molar-refractivity contribution in [3.8, 4) is 0 Å². The summed E-state index contributed by atoms with van der Waals surface area (Å²) in [4.78, 5) is 11.6. The maximum Gasteiger partial charge on any atom is 0.338 e. The minimum Gasteiger partial charge on any atom is -0.462 e. The Morgan fingerprint density at radius 1 is 1.40 bits per heavy atom. The normalized spacial score (nSPS) is 10.3. The van der Waals surface area contributed by atoms with E-state index >= 15 is 0 Å². The topological polar surface area (TPSA) is 43.3 Å². The summed E-state index contributed by atoms with van der Waals surface area (Å²) in [5.41, 5.74) is 2.69. The van der Waals surface area contributed by atoms with Gasteiger partial charge in [-0.15, -0.1) is 0 Å². The van der Waals surface area contributed by atoms with E-state index in [4.69, 9.17) is 4.74 Å². The highest BCUT2D eigenvalue weighted by atomic mass is 79.9. The quantitative estimate of drug-likeness (QED) is 0.848. The summed E-state index contributed by atoms with van der Waals surface area (Å²) >= 11 is 3.47. The van der Waals surface area contributed by atoms with E-state index in [-0.39, 0.29) is 5.97 Å². The summed E-state index contributed by atoms with van der Waals surface area (Å²) in [5, 5.41) is 3.33. The predicted molar refractivity (Wildman–Crippen MR) is 82.8 cm³/mol. The first-order chi connectivity index (χ1) is 9.60. The van der Waals surface area contributed by atoms with Crippen LogP contribution in [0, 0.1) is 0 Å². The van der Waals surface area contributed by atoms with Gasteiger partial charge in [-0.25, -0.2) is 4.79 Å². The fourth-order valence-corrected chi connectivity index (χ4v) is 2.38. The van der Waals surface area contributed by atoms with Gasteiger partial charge in [-0.1, -0.05) is 0 Å². The van der Waals surface area contributed by atoms with Gasteiger partial charge in [-0.3, -0.25) is 0 Å². The zero-order valence-corrected chi connectivity index (χ0v) is 13.1. The van der Waals surface area contributed by atoms with Gasteiger partial charge in [0.2, 0.25) is 0 Å². The van der Waals surface area contributed by atoms with Gasteiger partial charge < -0.3 is 14.6 Å². The molecular weight excluding hydrogens is 320 g/mol. The Balaban J connectivity index is 2.04. The molecule has 0 saturated heterocycles. The third kappa shape index (κ3) is 3.63. The molecule has 0 aliphatic carbocycles. The van der Waals surface area contributed by atoms with Gasteiger partial charge in [-0.05, 0) is 52.7 Å². The van der Waals surface area contributed by atoms with E-state index in [1.807, 2.05) is 23.9 Å². The Morgan fingerprint density at radius 3 is 2.80 bits per heavy atom. The molecular formula is C15H17BrN2O2. The lowest BCUT2D eigenvalue weighted by atomic mass is 10.2. The molecule has 1 aromatic carbocycles. The third-order valence-corrected chi connectivity index (χ3v) is 3.51. The van der Waals surface area contributed by atoms with E-state index in [0.717, 1.165) is 16.7 Å². The molecule has 0 aliphatic heterocycles. The average molecular weight is 337 g/mol. The van der Waals surface area contributed by atoms with Crippen LogP contribution in [0.4, 0.5) is 5.69 Å². The molecule has 1 heterocycles. The highest BCUT2D eigenvalue weighted by molar-refractivity contribution is 9.10. The number of rotatable bonds is 5. The molecule has 106 valence electrons. The molecule has 0 bridgehead atoms. The first kappa shape index (κ1) is 14.7. The molecule has 1 N–H and O–H groups in total. The summed E-state index contributed by atoms with van der Waals surface area (Å²) in [6, 6.07) is 7.47. The summed E-state index contributed by atoms with van der Waals surface area (Å²) in [5.74, 6) is -0.303. The standard InChI is InChI=1S/C15H17BrN2O2/c1-3-20-15(19)12-4-5-14(13(16)8-12)17-9-11-6-7-18(2)10-11/h4-8,10,17H,3,9H2,1-2H3. The zero-order valence-electron chi connectivity index (χ0n) is 11.5. The van der Waals surface area contributed by atoms with E-state index < -0.39 is 0 Å². The van der Waals surface area contributed by atoms with Gasteiger partial charge in [0, 0.05) is 36.1 Å². The number of carbonyl (C=O) groups is 1. The van der Waals surface area contributed by atoms with E-state index in [1.54, 1.807) is 19.1 Å². The molecule has 0 radical (unpaired) electrons. The molecule has 0 fully saturated rings. The van der Waals surface area contributed by atoms with Crippen molar-refractivity contribution in [1.82, 2.24) is 4.57 Å². The fourth-order valence-electron chi connectivity index (χ4n) is 1.86. The number of aromatic nitrogens is 1. The van der Waals surface area contributed by atoms with Gasteiger partial charge in [0.15, 0.2) is 0 Å². The van der Waals surface area contributed by atoms with Crippen LogP contribution in [0.5, 0.6) is 0 Å². The van der Waals surface area contributed by atoms with Crippen molar-refractivity contribution in [2.45, 2.75) is 13.5 Å². The van der Waals surface area contributed by atoms with E-state index in [2.05, 4.69) is 33.5 Å². The lowest BCUT2D eigenvalue weighted by Crippen LogP contribution is -2.05. The number of carbonyl (C=O) groups excluding carboxylic acids is 1. The minimum atomic E-state index is -0.303. The van der Waals surface area contributed by atoms with Gasteiger partial charge in [0.05, 0.1) is 12.2 Å². The monoisotopic (exact) mass is 336 g/mol. The van der Waals surface area contributed by atoms with Crippen LogP contribution in [-0.2, 0) is 18.3 Å². The Morgan fingerprint density at radius 2 is 2.20 bits per heavy atom. The van der Waals surface area contributed by atoms with Crippen LogP contribution in [0.3, 0.4) is 0 Å². The Bertz CT molecular complexity index is 608. The molecule has 0 spiro atoms. The molecule has 0 atom stereocenters. The number of hydrogen-bond donors (Lipinski definition) is 1. The number of benzene rings is 1. The number of nitrogens with one attached hydrogen (secondary N) is 1. The highest BCUT2D eigenvalue weighted by Gasteiger charge is 2.09. The van der Waals surface area contributed by atoms with Crippen molar-refractivity contribution >= 4 is 27.6 Å². The maximum absolute atomic E-state index is 11.6. The van der Waals surface area contributed by atoms with Crippen LogP contribution in [0.2, 0.25) is 0 Å². The lowest BCUT2D eigenvalue weighted by molar-refractivity contribution is 0.0526. The van der Waals surface area contributed by atoms with E-state index in [1.165, 1.54) is 5.56 Å². The minimum absolute atomic E-state index is 0.303. The smallest absolute Gasteiger partial charge is 0.338 e. The largest absolute Gasteiger partial charge is 0.462 e. The summed E-state index contributed by atoms with van der Waals surface area (Å²) in [6.07, 6.45) is 4.07. The van der Waals surface area contributed by atoms with Crippen molar-refractivity contribution in [3.63, 3.8) is 0 Å². The second kappa shape index (κ2) is 6.61. The Kier molecular flexibility index (Phi) is 4.84. The fraction of sp³-hybridized carbons (Fsp3) is 0.267. The summed E-state index contributed by atoms with van der Waals surface area (Å²) in [7, 11) is 1.99. The second-order valence-corrected chi connectivity index (χ2v) is 5.31. The van der Waals surface area contributed by atoms with Crippen LogP contribution < -0.4 is 5.32 Å². The maximum atomic E-state index is 11.6. The molecule has 0 saturated carbocycles. The number of hydrogen-bond acceptors (Lipinski definition) is 3. The SMILES string of the molecule is CCOC(=O)c1ccc(NCc2ccn(C)c2)c(Br)c1. The van der Waals surface area contributed by atoms with Crippen molar-refractivity contribution < 1.29 is 9.53 Å². The van der Waals surface area contributed by atoms with Crippen LogP contribution in [0.1, 0.15) is 22.8 Å². The van der Waals surface area contributed by atoms with Crippen molar-refractivity contribution in [3.05, 3.63) is 52.3 Å². The number of esters is 1. The second-order valence-electron chi connectivity index (χ2n) is 4.45. The zero-order chi connectivity index (χ0) is 14.5. The molecule has 0 amide bonds. The van der Waals surface area contributed by atoms with Gasteiger partial charge in [0.25, 0.3) is 0 Å². The number of nitrogens with zero attached hydrogens (tertiary/aromatic N) is 1. The van der Waals surface area contributed by atoms with E-state index in [0.29, 0.717) is 12.2 Å². The van der Waals surface area contributed by atoms with Crippen molar-refractivity contribution in [2.24, 2.45) is 7.05 Å².